The topological polar surface area (TPSA) is 35.2 Å². The number of methoxy groups -OCH3 is 1. The summed E-state index contributed by atoms with van der Waals surface area (Å²) in [4.78, 5) is 0. The fraction of sp³-hybridized carbons (Fsp3) is 0.158. The van der Waals surface area contributed by atoms with E-state index in [4.69, 9.17) is 10.5 Å². The number of rotatable bonds is 3. The van der Waals surface area contributed by atoms with Crippen LogP contribution in [0.4, 0.5) is 0 Å². The van der Waals surface area contributed by atoms with Crippen LogP contribution >= 0.6 is 0 Å². The van der Waals surface area contributed by atoms with Crippen LogP contribution in [-0.2, 0) is 5.54 Å². The van der Waals surface area contributed by atoms with Crippen molar-refractivity contribution in [2.24, 2.45) is 5.73 Å². The molecule has 106 valence electrons. The smallest absolute Gasteiger partial charge is 0.119 e. The van der Waals surface area contributed by atoms with Crippen LogP contribution in [0.3, 0.4) is 0 Å². The van der Waals surface area contributed by atoms with Gasteiger partial charge in [0.15, 0.2) is 0 Å². The Balaban J connectivity index is 2.19. The van der Waals surface area contributed by atoms with E-state index in [1.807, 2.05) is 43.3 Å². The average molecular weight is 277 g/mol. The first-order chi connectivity index (χ1) is 10.1. The third kappa shape index (κ3) is 2.39. The van der Waals surface area contributed by atoms with Crippen LogP contribution in [0.2, 0.25) is 0 Å². The molecule has 0 aliphatic carbocycles. The SMILES string of the molecule is COc1cccc(C(C)(N)c2cccc3ccccc23)c1. The van der Waals surface area contributed by atoms with E-state index in [0.717, 1.165) is 16.9 Å². The standard InChI is InChI=1S/C19H19NO/c1-19(20,15-9-6-10-16(13-15)21-2)18-12-5-8-14-7-3-4-11-17(14)18/h3-13H,20H2,1-2H3. The summed E-state index contributed by atoms with van der Waals surface area (Å²) in [6, 6.07) is 22.6. The van der Waals surface area contributed by atoms with Gasteiger partial charge in [-0.1, -0.05) is 54.6 Å². The molecule has 0 amide bonds. The second kappa shape index (κ2) is 5.23. The molecular weight excluding hydrogens is 258 g/mol. The fourth-order valence-corrected chi connectivity index (χ4v) is 2.78. The fourth-order valence-electron chi connectivity index (χ4n) is 2.78. The van der Waals surface area contributed by atoms with Crippen LogP contribution < -0.4 is 10.5 Å². The first-order valence-corrected chi connectivity index (χ1v) is 7.04. The molecule has 3 aromatic rings. The minimum atomic E-state index is -0.574. The lowest BCUT2D eigenvalue weighted by Gasteiger charge is -2.28. The minimum Gasteiger partial charge on any atom is -0.497 e. The molecule has 0 radical (unpaired) electrons. The van der Waals surface area contributed by atoms with Gasteiger partial charge in [0.05, 0.1) is 12.6 Å². The van der Waals surface area contributed by atoms with Gasteiger partial charge in [-0.25, -0.2) is 0 Å². The monoisotopic (exact) mass is 277 g/mol. The lowest BCUT2D eigenvalue weighted by Crippen LogP contribution is -2.34. The molecule has 0 aliphatic heterocycles. The Bertz CT molecular complexity index is 772. The van der Waals surface area contributed by atoms with Gasteiger partial charge < -0.3 is 10.5 Å². The summed E-state index contributed by atoms with van der Waals surface area (Å²) in [6.45, 7) is 2.05. The van der Waals surface area contributed by atoms with Gasteiger partial charge >= 0.3 is 0 Å². The molecule has 21 heavy (non-hydrogen) atoms. The predicted octanol–water partition coefficient (Wildman–Crippen LogP) is 4.07. The van der Waals surface area contributed by atoms with E-state index in [1.165, 1.54) is 10.8 Å². The lowest BCUT2D eigenvalue weighted by molar-refractivity contribution is 0.413. The molecule has 0 bridgehead atoms. The number of ether oxygens (including phenoxy) is 1. The predicted molar refractivity (Wildman–Crippen MR) is 87.6 cm³/mol. The summed E-state index contributed by atoms with van der Waals surface area (Å²) < 4.78 is 5.32. The summed E-state index contributed by atoms with van der Waals surface area (Å²) in [6.07, 6.45) is 0. The van der Waals surface area contributed by atoms with Crippen LogP contribution in [0, 0.1) is 0 Å². The van der Waals surface area contributed by atoms with E-state index in [2.05, 4.69) is 30.3 Å². The molecule has 3 aromatic carbocycles. The van der Waals surface area contributed by atoms with Crippen molar-refractivity contribution in [3.05, 3.63) is 77.9 Å². The summed E-state index contributed by atoms with van der Waals surface area (Å²) in [7, 11) is 1.67. The number of nitrogens with two attached hydrogens (primary N) is 1. The van der Waals surface area contributed by atoms with Gasteiger partial charge in [0, 0.05) is 0 Å². The molecule has 0 saturated carbocycles. The Morgan fingerprint density at radius 3 is 2.43 bits per heavy atom. The Morgan fingerprint density at radius 2 is 1.62 bits per heavy atom. The van der Waals surface area contributed by atoms with Crippen molar-refractivity contribution in [2.45, 2.75) is 12.5 Å². The molecule has 0 aromatic heterocycles. The molecule has 0 fully saturated rings. The van der Waals surface area contributed by atoms with Crippen molar-refractivity contribution in [3.63, 3.8) is 0 Å². The van der Waals surface area contributed by atoms with Crippen molar-refractivity contribution in [2.75, 3.05) is 7.11 Å². The van der Waals surface area contributed by atoms with Crippen LogP contribution in [0.25, 0.3) is 10.8 Å². The summed E-state index contributed by atoms with van der Waals surface area (Å²) in [5.74, 6) is 0.824. The Hall–Kier alpha value is -2.32. The van der Waals surface area contributed by atoms with E-state index in [1.54, 1.807) is 7.11 Å². The minimum absolute atomic E-state index is 0.574. The highest BCUT2D eigenvalue weighted by atomic mass is 16.5. The van der Waals surface area contributed by atoms with Gasteiger partial charge in [0.25, 0.3) is 0 Å². The van der Waals surface area contributed by atoms with E-state index < -0.39 is 5.54 Å². The molecule has 1 atom stereocenters. The maximum absolute atomic E-state index is 6.69. The van der Waals surface area contributed by atoms with E-state index in [9.17, 15) is 0 Å². The van der Waals surface area contributed by atoms with Crippen LogP contribution in [0.1, 0.15) is 18.1 Å². The molecule has 2 nitrogen and oxygen atoms in total. The van der Waals surface area contributed by atoms with Gasteiger partial charge in [-0.2, -0.15) is 0 Å². The third-order valence-electron chi connectivity index (χ3n) is 4.02. The average Bonchev–Trinajstić information content (AvgIpc) is 2.54. The van der Waals surface area contributed by atoms with Gasteiger partial charge in [-0.15, -0.1) is 0 Å². The molecule has 3 rings (SSSR count). The molecular formula is C19H19NO. The first-order valence-electron chi connectivity index (χ1n) is 7.04. The normalized spacial score (nSPS) is 13.9. The molecule has 0 heterocycles. The van der Waals surface area contributed by atoms with E-state index in [0.29, 0.717) is 0 Å². The zero-order valence-electron chi connectivity index (χ0n) is 12.3. The quantitative estimate of drug-likeness (QED) is 0.783. The summed E-state index contributed by atoms with van der Waals surface area (Å²) in [5, 5.41) is 2.39. The van der Waals surface area contributed by atoms with Gasteiger partial charge in [-0.05, 0) is 41.0 Å². The van der Waals surface area contributed by atoms with Crippen LogP contribution in [0.5, 0.6) is 5.75 Å². The van der Waals surface area contributed by atoms with E-state index >= 15 is 0 Å². The molecule has 0 aliphatic rings. The van der Waals surface area contributed by atoms with Crippen molar-refractivity contribution in [1.29, 1.82) is 0 Å². The van der Waals surface area contributed by atoms with Crippen molar-refractivity contribution >= 4 is 10.8 Å². The second-order valence-corrected chi connectivity index (χ2v) is 5.46. The number of benzene rings is 3. The number of fused-ring (bicyclic) bond motifs is 1. The molecule has 2 heteroatoms. The maximum atomic E-state index is 6.69. The molecule has 0 spiro atoms. The third-order valence-corrected chi connectivity index (χ3v) is 4.02. The lowest BCUT2D eigenvalue weighted by atomic mass is 9.83. The second-order valence-electron chi connectivity index (χ2n) is 5.46. The van der Waals surface area contributed by atoms with Crippen molar-refractivity contribution in [3.8, 4) is 5.75 Å². The van der Waals surface area contributed by atoms with Crippen molar-refractivity contribution in [1.82, 2.24) is 0 Å². The van der Waals surface area contributed by atoms with Crippen molar-refractivity contribution < 1.29 is 4.74 Å². The molecule has 0 saturated heterocycles. The molecule has 1 unspecified atom stereocenters. The zero-order valence-corrected chi connectivity index (χ0v) is 12.3. The maximum Gasteiger partial charge on any atom is 0.119 e. The highest BCUT2D eigenvalue weighted by Gasteiger charge is 2.25. The van der Waals surface area contributed by atoms with E-state index in [-0.39, 0.29) is 0 Å². The zero-order chi connectivity index (χ0) is 14.9. The van der Waals surface area contributed by atoms with Gasteiger partial charge in [0.2, 0.25) is 0 Å². The largest absolute Gasteiger partial charge is 0.497 e. The Morgan fingerprint density at radius 1 is 0.905 bits per heavy atom. The summed E-state index contributed by atoms with van der Waals surface area (Å²) >= 11 is 0. The van der Waals surface area contributed by atoms with Gasteiger partial charge in [0.1, 0.15) is 5.75 Å². The Labute approximate surface area is 125 Å². The first kappa shape index (κ1) is 13.7. The summed E-state index contributed by atoms with van der Waals surface area (Å²) in [5.41, 5.74) is 8.28. The van der Waals surface area contributed by atoms with Gasteiger partial charge in [-0.3, -0.25) is 0 Å². The highest BCUT2D eigenvalue weighted by molar-refractivity contribution is 5.87. The number of hydrogen-bond donors (Lipinski definition) is 1. The molecule has 2 N–H and O–H groups in total. The van der Waals surface area contributed by atoms with Crippen LogP contribution in [0.15, 0.2) is 66.7 Å². The Kier molecular flexibility index (Phi) is 3.40. The highest BCUT2D eigenvalue weighted by Crippen LogP contribution is 2.33. The van der Waals surface area contributed by atoms with Crippen LogP contribution in [-0.4, -0.2) is 7.11 Å². The number of hydrogen-bond acceptors (Lipinski definition) is 2.